The fraction of sp³-hybridized carbons (Fsp3) is 0.400. The van der Waals surface area contributed by atoms with Gasteiger partial charge in [-0.2, -0.15) is 4.79 Å². The second-order valence-electron chi connectivity index (χ2n) is 4.92. The molecule has 21 heavy (non-hydrogen) atoms. The molecule has 0 saturated heterocycles. The molecule has 0 aliphatic carbocycles. The van der Waals surface area contributed by atoms with Crippen LogP contribution in [-0.4, -0.2) is 33.5 Å². The quantitative estimate of drug-likeness (QED) is 0.285. The first-order chi connectivity index (χ1) is 9.86. The molecule has 0 fully saturated rings. The topological polar surface area (TPSA) is 100 Å². The molecule has 112 valence electrons. The van der Waals surface area contributed by atoms with Crippen molar-refractivity contribution in [3.63, 3.8) is 0 Å². The van der Waals surface area contributed by atoms with Crippen molar-refractivity contribution in [1.29, 1.82) is 0 Å². The third-order valence-corrected chi connectivity index (χ3v) is 3.09. The van der Waals surface area contributed by atoms with Crippen molar-refractivity contribution in [2.24, 2.45) is 0 Å². The van der Waals surface area contributed by atoms with Crippen LogP contribution in [0.4, 0.5) is 0 Å². The first-order valence-electron chi connectivity index (χ1n) is 6.58. The summed E-state index contributed by atoms with van der Waals surface area (Å²) in [6, 6.07) is 6.93. The zero-order valence-corrected chi connectivity index (χ0v) is 12.2. The summed E-state index contributed by atoms with van der Waals surface area (Å²) in [5.41, 5.74) is 8.73. The molecule has 1 N–H and O–H groups in total. The van der Waals surface area contributed by atoms with Crippen molar-refractivity contribution < 1.29 is 24.2 Å². The normalized spacial score (nSPS) is 12.9. The summed E-state index contributed by atoms with van der Waals surface area (Å²) < 4.78 is 5.06. The highest BCUT2D eigenvalue weighted by Crippen LogP contribution is 2.28. The average molecular weight is 290 g/mol. The van der Waals surface area contributed by atoms with E-state index in [1.807, 2.05) is 13.0 Å². The molecule has 0 aliphatic heterocycles. The Morgan fingerprint density at radius 1 is 1.33 bits per heavy atom. The zero-order valence-electron chi connectivity index (χ0n) is 12.2. The maximum atomic E-state index is 11.6. The van der Waals surface area contributed by atoms with Crippen LogP contribution in [0.2, 0.25) is 0 Å². The van der Waals surface area contributed by atoms with Gasteiger partial charge in [-0.25, -0.2) is 4.79 Å². The molecule has 0 aromatic heterocycles. The molecule has 6 nitrogen and oxygen atoms in total. The maximum absolute atomic E-state index is 11.6. The summed E-state index contributed by atoms with van der Waals surface area (Å²) in [5, 5.41) is 9.77. The van der Waals surface area contributed by atoms with E-state index in [2.05, 4.69) is 4.79 Å². The fourth-order valence-electron chi connectivity index (χ4n) is 2.07. The van der Waals surface area contributed by atoms with Gasteiger partial charge < -0.3 is 15.4 Å². The largest absolute Gasteiger partial charge is 0.508 e. The van der Waals surface area contributed by atoms with Gasteiger partial charge in [-0.05, 0) is 30.9 Å². The van der Waals surface area contributed by atoms with Gasteiger partial charge in [0.2, 0.25) is 5.78 Å². The van der Waals surface area contributed by atoms with E-state index in [4.69, 9.17) is 10.3 Å². The average Bonchev–Trinajstić information content (AvgIpc) is 2.38. The Morgan fingerprint density at radius 2 is 1.95 bits per heavy atom. The smallest absolute Gasteiger partial charge is 0.441 e. The predicted octanol–water partition coefficient (Wildman–Crippen LogP) is 2.08. The number of carbonyl (C=O) groups is 2. The van der Waals surface area contributed by atoms with Gasteiger partial charge >= 0.3 is 11.7 Å². The van der Waals surface area contributed by atoms with Crippen molar-refractivity contribution in [2.45, 2.75) is 39.2 Å². The number of para-hydroxylation sites is 1. The van der Waals surface area contributed by atoms with Crippen LogP contribution in [0.3, 0.4) is 0 Å². The van der Waals surface area contributed by atoms with Gasteiger partial charge in [0.05, 0.1) is 0 Å². The molecule has 6 heteroatoms. The molecular weight excluding hydrogens is 272 g/mol. The second kappa shape index (κ2) is 7.36. The monoisotopic (exact) mass is 290 g/mol. The summed E-state index contributed by atoms with van der Waals surface area (Å²) in [6.45, 7) is 4.68. The molecule has 0 saturated carbocycles. The summed E-state index contributed by atoms with van der Waals surface area (Å²) in [5.74, 6) is -1.48. The number of benzene rings is 1. The Balaban J connectivity index is 2.68. The Bertz CT molecular complexity index is 591. The minimum atomic E-state index is -0.956. The standard InChI is InChI=1S/C15H18N2O4/c1-9(12-6-4-5-7-13(12)19)8-10(2)21-15(20)14(17-16)11(3)18/h4-7,9-10,19H,8H2,1-3H3/t9-,10+/m0/s1. The summed E-state index contributed by atoms with van der Waals surface area (Å²) in [4.78, 5) is 25.3. The van der Waals surface area contributed by atoms with Gasteiger partial charge in [0.15, 0.2) is 0 Å². The van der Waals surface area contributed by atoms with Crippen LogP contribution in [0.25, 0.3) is 5.53 Å². The van der Waals surface area contributed by atoms with Crippen LogP contribution >= 0.6 is 0 Å². The molecule has 0 bridgehead atoms. The number of ether oxygens (including phenoxy) is 1. The number of rotatable bonds is 6. The van der Waals surface area contributed by atoms with E-state index in [0.717, 1.165) is 12.5 Å². The number of carbonyl (C=O) groups excluding carboxylic acids is 2. The Labute approximate surface area is 123 Å². The first-order valence-corrected chi connectivity index (χ1v) is 6.58. The van der Waals surface area contributed by atoms with Gasteiger partial charge in [-0.15, -0.1) is 0 Å². The third kappa shape index (κ3) is 4.54. The van der Waals surface area contributed by atoms with Crippen LogP contribution in [-0.2, 0) is 14.3 Å². The van der Waals surface area contributed by atoms with Crippen molar-refractivity contribution in [3.8, 4) is 5.75 Å². The Hall–Kier alpha value is -2.46. The molecule has 0 radical (unpaired) electrons. The maximum Gasteiger partial charge on any atom is 0.441 e. The van der Waals surface area contributed by atoms with Gasteiger partial charge in [-0.3, -0.25) is 4.79 Å². The molecule has 1 aromatic rings. The van der Waals surface area contributed by atoms with E-state index in [-0.39, 0.29) is 11.7 Å². The molecule has 1 aromatic carbocycles. The van der Waals surface area contributed by atoms with Crippen LogP contribution in [0.1, 0.15) is 38.7 Å². The highest BCUT2D eigenvalue weighted by Gasteiger charge is 2.29. The van der Waals surface area contributed by atoms with Crippen molar-refractivity contribution >= 4 is 17.5 Å². The molecule has 0 amide bonds. The summed E-state index contributed by atoms with van der Waals surface area (Å²) >= 11 is 0. The van der Waals surface area contributed by atoms with E-state index < -0.39 is 23.6 Å². The lowest BCUT2D eigenvalue weighted by Gasteiger charge is -2.18. The lowest BCUT2D eigenvalue weighted by atomic mass is 9.94. The number of Topliss-reactive ketones (excluding diaryl/α,β-unsaturated/α-hetero) is 1. The fourth-order valence-corrected chi connectivity index (χ4v) is 2.07. The lowest BCUT2D eigenvalue weighted by molar-refractivity contribution is -0.146. The van der Waals surface area contributed by atoms with Crippen molar-refractivity contribution in [3.05, 3.63) is 35.4 Å². The number of hydrogen-bond acceptors (Lipinski definition) is 4. The zero-order chi connectivity index (χ0) is 16.0. The first kappa shape index (κ1) is 16.6. The van der Waals surface area contributed by atoms with E-state index in [0.29, 0.717) is 6.42 Å². The Morgan fingerprint density at radius 3 is 2.48 bits per heavy atom. The second-order valence-corrected chi connectivity index (χ2v) is 4.92. The molecule has 0 aliphatic rings. The van der Waals surface area contributed by atoms with Gasteiger partial charge in [0.25, 0.3) is 0 Å². The minimum absolute atomic E-state index is 0.0409. The van der Waals surface area contributed by atoms with Crippen LogP contribution < -0.4 is 0 Å². The van der Waals surface area contributed by atoms with Gasteiger partial charge in [-0.1, -0.05) is 25.1 Å². The van der Waals surface area contributed by atoms with E-state index >= 15 is 0 Å². The highest BCUT2D eigenvalue weighted by atomic mass is 16.5. The minimum Gasteiger partial charge on any atom is -0.508 e. The Kier molecular flexibility index (Phi) is 5.81. The number of nitrogens with zero attached hydrogens (tertiary/aromatic N) is 2. The van der Waals surface area contributed by atoms with Crippen molar-refractivity contribution in [2.75, 3.05) is 0 Å². The van der Waals surface area contributed by atoms with E-state index in [1.165, 1.54) is 0 Å². The third-order valence-electron chi connectivity index (χ3n) is 3.09. The summed E-state index contributed by atoms with van der Waals surface area (Å²) in [7, 11) is 0. The van der Waals surface area contributed by atoms with E-state index in [9.17, 15) is 14.7 Å². The van der Waals surface area contributed by atoms with Crippen molar-refractivity contribution in [1.82, 2.24) is 0 Å². The number of phenols is 1. The number of aromatic hydroxyl groups is 1. The van der Waals surface area contributed by atoms with E-state index in [1.54, 1.807) is 25.1 Å². The molecular formula is C15H18N2O4. The van der Waals surface area contributed by atoms with Gasteiger partial charge in [0.1, 0.15) is 11.9 Å². The van der Waals surface area contributed by atoms with Gasteiger partial charge in [0, 0.05) is 6.92 Å². The highest BCUT2D eigenvalue weighted by molar-refractivity contribution is 6.61. The summed E-state index contributed by atoms with van der Waals surface area (Å²) in [6.07, 6.45) is -0.0388. The lowest BCUT2D eigenvalue weighted by Crippen LogP contribution is -2.29. The number of hydrogen-bond donors (Lipinski definition) is 1. The predicted molar refractivity (Wildman–Crippen MR) is 76.0 cm³/mol. The number of phenolic OH excluding ortho intramolecular Hbond substituents is 1. The molecule has 2 atom stereocenters. The van der Waals surface area contributed by atoms with Crippen LogP contribution in [0.5, 0.6) is 5.75 Å². The molecule has 0 unspecified atom stereocenters. The SMILES string of the molecule is CC(=O)C(=[N+]=[N-])C(=O)O[C@H](C)C[C@H](C)c1ccccc1O. The van der Waals surface area contributed by atoms with Crippen LogP contribution in [0, 0.1) is 0 Å². The molecule has 0 heterocycles. The molecule has 0 spiro atoms. The molecule has 1 rings (SSSR count). The van der Waals surface area contributed by atoms with Crippen LogP contribution in [0.15, 0.2) is 24.3 Å². The number of esters is 1. The number of ketones is 1.